The van der Waals surface area contributed by atoms with Crippen LogP contribution in [0.1, 0.15) is 44.5 Å². The molecule has 0 spiro atoms. The lowest BCUT2D eigenvalue weighted by atomic mass is 10.0. The first-order valence-electron chi connectivity index (χ1n) is 8.67. The number of rotatable bonds is 6. The van der Waals surface area contributed by atoms with E-state index < -0.39 is 0 Å². The zero-order chi connectivity index (χ0) is 16.8. The summed E-state index contributed by atoms with van der Waals surface area (Å²) in [5, 5.41) is 7.05. The molecule has 1 fully saturated rings. The van der Waals surface area contributed by atoms with Crippen LogP contribution in [-0.4, -0.2) is 40.6 Å². The van der Waals surface area contributed by atoms with Gasteiger partial charge in [0.1, 0.15) is 0 Å². The summed E-state index contributed by atoms with van der Waals surface area (Å²) in [6.07, 6.45) is 4.09. The van der Waals surface area contributed by atoms with Gasteiger partial charge in [0.15, 0.2) is 0 Å². The van der Waals surface area contributed by atoms with E-state index in [1.165, 1.54) is 0 Å². The second-order valence-corrected chi connectivity index (χ2v) is 6.15. The second kappa shape index (κ2) is 8.06. The molecule has 1 atom stereocenters. The highest BCUT2D eigenvalue weighted by Crippen LogP contribution is 2.30. The number of nitrogens with one attached hydrogen (secondary N) is 1. The Kier molecular flexibility index (Phi) is 5.59. The van der Waals surface area contributed by atoms with Crippen molar-refractivity contribution in [2.45, 2.75) is 38.6 Å². The molecule has 0 unspecified atom stereocenters. The highest BCUT2D eigenvalue weighted by atomic mass is 16.5. The Labute approximate surface area is 142 Å². The third-order valence-corrected chi connectivity index (χ3v) is 4.29. The van der Waals surface area contributed by atoms with Crippen LogP contribution >= 0.6 is 0 Å². The largest absolute Gasteiger partial charge is 0.355 e. The molecule has 1 aromatic heterocycles. The van der Waals surface area contributed by atoms with E-state index in [0.717, 1.165) is 44.3 Å². The summed E-state index contributed by atoms with van der Waals surface area (Å²) < 4.78 is 5.52. The van der Waals surface area contributed by atoms with Crippen molar-refractivity contribution in [3.63, 3.8) is 0 Å². The normalized spacial score (nSPS) is 18.5. The fourth-order valence-corrected chi connectivity index (χ4v) is 3.04. The van der Waals surface area contributed by atoms with Crippen LogP contribution in [0, 0.1) is 0 Å². The molecule has 1 N–H and O–H groups in total. The van der Waals surface area contributed by atoms with E-state index in [1.54, 1.807) is 0 Å². The van der Waals surface area contributed by atoms with Gasteiger partial charge in [0.05, 0.1) is 12.6 Å². The molecule has 1 aliphatic heterocycles. The first-order valence-corrected chi connectivity index (χ1v) is 8.67. The van der Waals surface area contributed by atoms with Gasteiger partial charge in [-0.2, -0.15) is 4.98 Å². The maximum Gasteiger partial charge on any atom is 0.244 e. The Balaban J connectivity index is 1.71. The minimum Gasteiger partial charge on any atom is -0.355 e. The number of nitrogens with zero attached hydrogens (tertiary/aromatic N) is 3. The highest BCUT2D eigenvalue weighted by Gasteiger charge is 2.30. The number of amides is 1. The quantitative estimate of drug-likeness (QED) is 0.883. The van der Waals surface area contributed by atoms with Crippen LogP contribution in [0.2, 0.25) is 0 Å². The molecular formula is C18H24N4O2. The van der Waals surface area contributed by atoms with Crippen LogP contribution in [0.15, 0.2) is 34.9 Å². The van der Waals surface area contributed by atoms with Crippen LogP contribution in [0.5, 0.6) is 0 Å². The Hall–Kier alpha value is -2.21. The van der Waals surface area contributed by atoms with Gasteiger partial charge in [-0.3, -0.25) is 9.69 Å². The smallest absolute Gasteiger partial charge is 0.244 e. The molecule has 1 aliphatic rings. The van der Waals surface area contributed by atoms with Crippen molar-refractivity contribution in [3.8, 4) is 11.4 Å². The molecule has 1 aromatic carbocycles. The standard InChI is InChI=1S/C18H24N4O2/c1-2-11-19-16(23)13-22-12-7-6-10-15(22)18-20-17(21-24-18)14-8-4-3-5-9-14/h3-5,8-9,15H,2,6-7,10-13H2,1H3,(H,19,23)/t15-/m0/s1. The number of carbonyl (C=O) groups is 1. The van der Waals surface area contributed by atoms with Crippen molar-refractivity contribution in [2.75, 3.05) is 19.6 Å². The lowest BCUT2D eigenvalue weighted by Crippen LogP contribution is -2.41. The first-order chi connectivity index (χ1) is 11.8. The molecular weight excluding hydrogens is 304 g/mol. The van der Waals surface area contributed by atoms with Crippen molar-refractivity contribution in [1.29, 1.82) is 0 Å². The van der Waals surface area contributed by atoms with E-state index in [2.05, 4.69) is 20.4 Å². The predicted octanol–water partition coefficient (Wildman–Crippen LogP) is 2.79. The summed E-state index contributed by atoms with van der Waals surface area (Å²) >= 11 is 0. The molecule has 2 heterocycles. The second-order valence-electron chi connectivity index (χ2n) is 6.15. The molecule has 0 radical (unpaired) electrons. The lowest BCUT2D eigenvalue weighted by molar-refractivity contribution is -0.123. The van der Waals surface area contributed by atoms with Gasteiger partial charge < -0.3 is 9.84 Å². The van der Waals surface area contributed by atoms with E-state index >= 15 is 0 Å². The number of hydrogen-bond donors (Lipinski definition) is 1. The highest BCUT2D eigenvalue weighted by molar-refractivity contribution is 5.78. The topological polar surface area (TPSA) is 71.3 Å². The van der Waals surface area contributed by atoms with Gasteiger partial charge in [0, 0.05) is 12.1 Å². The lowest BCUT2D eigenvalue weighted by Gasteiger charge is -2.32. The minimum absolute atomic E-state index is 0.0242. The van der Waals surface area contributed by atoms with Gasteiger partial charge >= 0.3 is 0 Å². The maximum absolute atomic E-state index is 12.1. The van der Waals surface area contributed by atoms with Gasteiger partial charge in [0.2, 0.25) is 17.6 Å². The molecule has 1 saturated heterocycles. The van der Waals surface area contributed by atoms with Crippen LogP contribution in [0.4, 0.5) is 0 Å². The molecule has 6 heteroatoms. The summed E-state index contributed by atoms with van der Waals surface area (Å²) in [5.41, 5.74) is 0.940. The number of benzene rings is 1. The van der Waals surface area contributed by atoms with Crippen LogP contribution in [-0.2, 0) is 4.79 Å². The van der Waals surface area contributed by atoms with Crippen molar-refractivity contribution < 1.29 is 9.32 Å². The van der Waals surface area contributed by atoms with Crippen LogP contribution in [0.25, 0.3) is 11.4 Å². The zero-order valence-corrected chi connectivity index (χ0v) is 14.1. The monoisotopic (exact) mass is 328 g/mol. The number of hydrogen-bond acceptors (Lipinski definition) is 5. The van der Waals surface area contributed by atoms with Gasteiger partial charge in [-0.15, -0.1) is 0 Å². The van der Waals surface area contributed by atoms with Gasteiger partial charge in [-0.25, -0.2) is 0 Å². The summed E-state index contributed by atoms with van der Waals surface area (Å²) in [6, 6.07) is 9.82. The van der Waals surface area contributed by atoms with Crippen molar-refractivity contribution in [3.05, 3.63) is 36.2 Å². The van der Waals surface area contributed by atoms with Gasteiger partial charge in [-0.1, -0.05) is 48.8 Å². The van der Waals surface area contributed by atoms with E-state index in [1.807, 2.05) is 37.3 Å². The number of likely N-dealkylation sites (tertiary alicyclic amines) is 1. The molecule has 0 saturated carbocycles. The average Bonchev–Trinajstić information content (AvgIpc) is 3.11. The van der Waals surface area contributed by atoms with Crippen LogP contribution in [0.3, 0.4) is 0 Å². The molecule has 1 amide bonds. The molecule has 2 aromatic rings. The van der Waals surface area contributed by atoms with Crippen LogP contribution < -0.4 is 5.32 Å². The summed E-state index contributed by atoms with van der Waals surface area (Å²) in [5.74, 6) is 1.27. The Morgan fingerprint density at radius 3 is 2.96 bits per heavy atom. The third-order valence-electron chi connectivity index (χ3n) is 4.29. The minimum atomic E-state index is 0.0242. The van der Waals surface area contributed by atoms with E-state index in [0.29, 0.717) is 18.3 Å². The van der Waals surface area contributed by atoms with Crippen molar-refractivity contribution in [2.24, 2.45) is 0 Å². The summed E-state index contributed by atoms with van der Waals surface area (Å²) in [4.78, 5) is 18.8. The van der Waals surface area contributed by atoms with Gasteiger partial charge in [0.25, 0.3) is 0 Å². The Morgan fingerprint density at radius 1 is 1.33 bits per heavy atom. The predicted molar refractivity (Wildman–Crippen MR) is 91.2 cm³/mol. The summed E-state index contributed by atoms with van der Waals surface area (Å²) in [7, 11) is 0. The molecule has 6 nitrogen and oxygen atoms in total. The molecule has 128 valence electrons. The molecule has 24 heavy (non-hydrogen) atoms. The number of aromatic nitrogens is 2. The summed E-state index contributed by atoms with van der Waals surface area (Å²) in [6.45, 7) is 4.03. The Bertz CT molecular complexity index is 656. The average molecular weight is 328 g/mol. The molecule has 0 aliphatic carbocycles. The zero-order valence-electron chi connectivity index (χ0n) is 14.1. The SMILES string of the molecule is CCCNC(=O)CN1CCCC[C@H]1c1nc(-c2ccccc2)no1. The van der Waals surface area contributed by atoms with Crippen molar-refractivity contribution in [1.82, 2.24) is 20.4 Å². The number of piperidine rings is 1. The fourth-order valence-electron chi connectivity index (χ4n) is 3.04. The fraction of sp³-hybridized carbons (Fsp3) is 0.500. The maximum atomic E-state index is 12.1. The number of carbonyl (C=O) groups excluding carboxylic acids is 1. The van der Waals surface area contributed by atoms with E-state index in [-0.39, 0.29) is 11.9 Å². The molecule has 0 bridgehead atoms. The molecule has 3 rings (SSSR count). The van der Waals surface area contributed by atoms with Crippen molar-refractivity contribution >= 4 is 5.91 Å². The van der Waals surface area contributed by atoms with Gasteiger partial charge in [-0.05, 0) is 25.8 Å². The first kappa shape index (κ1) is 16.6. The van der Waals surface area contributed by atoms with E-state index in [9.17, 15) is 4.79 Å². The van der Waals surface area contributed by atoms with E-state index in [4.69, 9.17) is 4.52 Å². The third kappa shape index (κ3) is 4.00. The Morgan fingerprint density at radius 2 is 2.17 bits per heavy atom.